The maximum absolute atomic E-state index is 13.8. The summed E-state index contributed by atoms with van der Waals surface area (Å²) in [5.41, 5.74) is 4.75. The van der Waals surface area contributed by atoms with Gasteiger partial charge in [0.2, 0.25) is 11.8 Å². The van der Waals surface area contributed by atoms with Crippen molar-refractivity contribution < 1.29 is 23.9 Å². The molecule has 2 heterocycles. The van der Waals surface area contributed by atoms with E-state index in [0.717, 1.165) is 53.6 Å². The van der Waals surface area contributed by atoms with E-state index in [1.807, 2.05) is 88.4 Å². The predicted octanol–water partition coefficient (Wildman–Crippen LogP) is 7.32. The van der Waals surface area contributed by atoms with Crippen LogP contribution in [0.15, 0.2) is 75.9 Å². The quantitative estimate of drug-likeness (QED) is 0.207. The Morgan fingerprint density at radius 1 is 0.918 bits per heavy atom. The molecule has 2 amide bonds. The first kappa shape index (κ1) is 35.4. The Balaban J connectivity index is 1.24. The third kappa shape index (κ3) is 10.0. The van der Waals surface area contributed by atoms with Crippen molar-refractivity contribution in [1.29, 1.82) is 0 Å². The molecule has 5 rings (SSSR count). The van der Waals surface area contributed by atoms with Gasteiger partial charge in [-0.05, 0) is 107 Å². The van der Waals surface area contributed by atoms with Crippen LogP contribution in [-0.4, -0.2) is 54.5 Å². The second-order valence-electron chi connectivity index (χ2n) is 13.8. The van der Waals surface area contributed by atoms with Crippen LogP contribution in [-0.2, 0) is 20.7 Å². The van der Waals surface area contributed by atoms with Gasteiger partial charge >= 0.3 is 6.09 Å². The molecule has 0 bridgehead atoms. The van der Waals surface area contributed by atoms with E-state index in [-0.39, 0.29) is 24.0 Å². The van der Waals surface area contributed by atoms with Gasteiger partial charge in [0, 0.05) is 53.4 Å². The summed E-state index contributed by atoms with van der Waals surface area (Å²) in [5, 5.41) is 13.8. The summed E-state index contributed by atoms with van der Waals surface area (Å²) in [7, 11) is 1.60. The van der Waals surface area contributed by atoms with Gasteiger partial charge in [0.15, 0.2) is 12.5 Å². The fourth-order valence-corrected chi connectivity index (χ4v) is 6.28. The monoisotopic (exact) mass is 666 g/mol. The van der Waals surface area contributed by atoms with Crippen LogP contribution in [0.1, 0.15) is 69.7 Å². The van der Waals surface area contributed by atoms with E-state index >= 15 is 0 Å². The number of rotatable bonds is 12. The van der Waals surface area contributed by atoms with E-state index in [9.17, 15) is 14.4 Å². The van der Waals surface area contributed by atoms with Crippen LogP contribution >= 0.6 is 0 Å². The number of alkyl carbamates (subject to hydrolysis) is 1. The maximum atomic E-state index is 13.8. The Labute approximate surface area is 288 Å². The summed E-state index contributed by atoms with van der Waals surface area (Å²) in [6.07, 6.45) is 3.29. The first-order chi connectivity index (χ1) is 23.5. The highest BCUT2D eigenvalue weighted by atomic mass is 16.6. The number of anilines is 1. The number of hydrogen-bond acceptors (Lipinski definition) is 9. The fraction of sp³-hybridized carbons (Fsp3) is 0.447. The van der Waals surface area contributed by atoms with Crippen LogP contribution < -0.4 is 15.4 Å². The number of aromatic nitrogens is 1. The number of ketones is 1. The van der Waals surface area contributed by atoms with Gasteiger partial charge in [0.1, 0.15) is 11.4 Å². The lowest BCUT2D eigenvalue weighted by molar-refractivity contribution is -0.129. The van der Waals surface area contributed by atoms with Crippen LogP contribution in [0.2, 0.25) is 0 Å². The van der Waals surface area contributed by atoms with Gasteiger partial charge in [-0.15, -0.1) is 5.11 Å². The number of pyridine rings is 1. The number of carbonyl (C=O) groups excluding carboxylic acids is 3. The zero-order valence-corrected chi connectivity index (χ0v) is 29.0. The Hall–Kier alpha value is -4.93. The van der Waals surface area contributed by atoms with E-state index in [2.05, 4.69) is 30.8 Å². The molecule has 0 unspecified atom stereocenters. The SMILES string of the molecule is COc1ccc(-c2ccc(C[C@H](CC(=O)C3CCC(CNC(=O)OC(C)(C)C)CC3)C(=O)Nc3ccc(C4=NCN=N4)cc3)cc2)c(C)n1. The minimum Gasteiger partial charge on any atom is -0.481 e. The lowest BCUT2D eigenvalue weighted by Gasteiger charge is -2.29. The average Bonchev–Trinajstić information content (AvgIpc) is 3.62. The third-order valence-electron chi connectivity index (χ3n) is 8.93. The van der Waals surface area contributed by atoms with E-state index in [0.29, 0.717) is 43.0 Å². The Bertz CT molecular complexity index is 1690. The molecule has 1 saturated carbocycles. The minimum atomic E-state index is -0.554. The van der Waals surface area contributed by atoms with E-state index in [1.54, 1.807) is 7.11 Å². The molecule has 258 valence electrons. The van der Waals surface area contributed by atoms with E-state index in [1.165, 1.54) is 0 Å². The van der Waals surface area contributed by atoms with Crippen LogP contribution in [0.3, 0.4) is 0 Å². The lowest BCUT2D eigenvalue weighted by Crippen LogP contribution is -2.37. The van der Waals surface area contributed by atoms with Crippen LogP contribution in [0.25, 0.3) is 11.1 Å². The summed E-state index contributed by atoms with van der Waals surface area (Å²) in [6.45, 7) is 8.31. The number of benzene rings is 2. The molecule has 11 nitrogen and oxygen atoms in total. The van der Waals surface area contributed by atoms with Crippen molar-refractivity contribution in [3.05, 3.63) is 77.5 Å². The van der Waals surface area contributed by atoms with Crippen LogP contribution in [0.5, 0.6) is 5.88 Å². The molecular formula is C38H46N6O5. The van der Waals surface area contributed by atoms with Crippen molar-refractivity contribution in [2.75, 3.05) is 25.6 Å². The molecule has 11 heteroatoms. The Kier molecular flexibility index (Phi) is 11.5. The Morgan fingerprint density at radius 3 is 2.22 bits per heavy atom. The molecular weight excluding hydrogens is 620 g/mol. The van der Waals surface area contributed by atoms with Crippen LogP contribution in [0.4, 0.5) is 10.5 Å². The second-order valence-corrected chi connectivity index (χ2v) is 13.8. The third-order valence-corrected chi connectivity index (χ3v) is 8.93. The smallest absolute Gasteiger partial charge is 0.407 e. The van der Waals surface area contributed by atoms with Gasteiger partial charge in [0.25, 0.3) is 0 Å². The van der Waals surface area contributed by atoms with Gasteiger partial charge in [-0.1, -0.05) is 24.3 Å². The number of amidine groups is 1. The van der Waals surface area contributed by atoms with Gasteiger partial charge < -0.3 is 20.1 Å². The minimum absolute atomic E-state index is 0.107. The zero-order valence-electron chi connectivity index (χ0n) is 29.0. The number of Topliss-reactive ketones (excluding diaryl/α,β-unsaturated/α-hetero) is 1. The first-order valence-corrected chi connectivity index (χ1v) is 16.9. The van der Waals surface area contributed by atoms with Gasteiger partial charge in [-0.2, -0.15) is 5.11 Å². The first-order valence-electron chi connectivity index (χ1n) is 16.9. The number of azo groups is 1. The van der Waals surface area contributed by atoms with Gasteiger partial charge in [-0.3, -0.25) is 9.59 Å². The fourth-order valence-electron chi connectivity index (χ4n) is 6.28. The number of amides is 2. The number of hydrogen-bond donors (Lipinski definition) is 2. The molecule has 2 aliphatic rings. The molecule has 1 aliphatic carbocycles. The molecule has 1 aliphatic heterocycles. The normalized spacial score (nSPS) is 17.9. The number of ether oxygens (including phenoxy) is 2. The molecule has 1 fully saturated rings. The number of aryl methyl sites for hydroxylation is 1. The van der Waals surface area contributed by atoms with Gasteiger partial charge in [-0.25, -0.2) is 14.8 Å². The van der Waals surface area contributed by atoms with Gasteiger partial charge in [0.05, 0.1) is 7.11 Å². The molecule has 0 saturated heterocycles. The molecule has 0 radical (unpaired) electrons. The zero-order chi connectivity index (χ0) is 35.0. The number of nitrogens with zero attached hydrogens (tertiary/aromatic N) is 4. The summed E-state index contributed by atoms with van der Waals surface area (Å²) >= 11 is 0. The summed E-state index contributed by atoms with van der Waals surface area (Å²) in [5.74, 6) is 0.668. The van der Waals surface area contributed by atoms with Crippen molar-refractivity contribution in [1.82, 2.24) is 10.3 Å². The van der Waals surface area contributed by atoms with Crippen molar-refractivity contribution in [3.8, 4) is 17.0 Å². The van der Waals surface area contributed by atoms with Crippen molar-refractivity contribution >= 4 is 29.3 Å². The second kappa shape index (κ2) is 16.0. The molecule has 1 aromatic heterocycles. The van der Waals surface area contributed by atoms with E-state index < -0.39 is 17.6 Å². The van der Waals surface area contributed by atoms with Crippen molar-refractivity contribution in [3.63, 3.8) is 0 Å². The number of carbonyl (C=O) groups is 3. The topological polar surface area (TPSA) is 144 Å². The molecule has 2 N–H and O–H groups in total. The van der Waals surface area contributed by atoms with Crippen LogP contribution in [0, 0.1) is 24.7 Å². The molecule has 3 aromatic rings. The standard InChI is InChI=1S/C38H46N6O5/c1-24-32(18-19-34(42-24)48-5)27-10-6-25(7-11-27)20-30(36(46)43-31-16-14-29(15-17-31)35-40-23-41-44-35)21-33(45)28-12-8-26(9-13-28)22-39-37(47)49-38(2,3)4/h6-7,10-11,14-19,26,28,30H,8-9,12-13,20-23H2,1-5H3,(H,39,47)(H,43,46)/t26?,28?,30-/m1/s1. The largest absolute Gasteiger partial charge is 0.481 e. The maximum Gasteiger partial charge on any atom is 0.407 e. The number of methoxy groups -OCH3 is 1. The van der Waals surface area contributed by atoms with E-state index in [4.69, 9.17) is 9.47 Å². The highest BCUT2D eigenvalue weighted by Crippen LogP contribution is 2.32. The molecule has 0 spiro atoms. The summed E-state index contributed by atoms with van der Waals surface area (Å²) < 4.78 is 10.6. The molecule has 49 heavy (non-hydrogen) atoms. The molecule has 1 atom stereocenters. The van der Waals surface area contributed by atoms with Crippen molar-refractivity contribution in [2.24, 2.45) is 33.0 Å². The van der Waals surface area contributed by atoms with Crippen molar-refractivity contribution in [2.45, 2.75) is 71.8 Å². The number of aliphatic imine (C=N–C) groups is 1. The average molecular weight is 667 g/mol. The molecule has 2 aromatic carbocycles. The summed E-state index contributed by atoms with van der Waals surface area (Å²) in [6, 6.07) is 19.2. The highest BCUT2D eigenvalue weighted by Gasteiger charge is 2.31. The number of nitrogens with one attached hydrogen (secondary N) is 2. The Morgan fingerprint density at radius 2 is 1.61 bits per heavy atom. The highest BCUT2D eigenvalue weighted by molar-refractivity contribution is 6.01. The summed E-state index contributed by atoms with van der Waals surface area (Å²) in [4.78, 5) is 48.3. The predicted molar refractivity (Wildman–Crippen MR) is 189 cm³/mol. The lowest BCUT2D eigenvalue weighted by atomic mass is 9.77.